The molecule has 140 valence electrons. The Balaban J connectivity index is 1.53. The van der Waals surface area contributed by atoms with Crippen LogP contribution in [0.3, 0.4) is 0 Å². The maximum absolute atomic E-state index is 14.3. The molecule has 5 heteroatoms. The number of rotatable bonds is 4. The Labute approximate surface area is 154 Å². The minimum Gasteiger partial charge on any atom is -0.352 e. The first-order valence-corrected chi connectivity index (χ1v) is 9.39. The molecule has 1 aliphatic rings. The smallest absolute Gasteiger partial charge is 0.223 e. The molecule has 26 heavy (non-hydrogen) atoms. The standard InChI is InChI=1S/C21H28FN3O/c1-21(2,3)17-7-5-16(6-8-17)20(26)24-13-15-4-9-19(18(22)12-15)25-11-10-23-14-25/h4,9-12,14,16-17H,5-8,13H2,1-3H3,(H,24,26). The summed E-state index contributed by atoms with van der Waals surface area (Å²) in [6.07, 6.45) is 8.98. The van der Waals surface area contributed by atoms with Crippen LogP contribution in [0, 0.1) is 23.1 Å². The third kappa shape index (κ3) is 4.32. The number of halogens is 1. The number of hydrogen-bond acceptors (Lipinski definition) is 2. The Morgan fingerprint density at radius 1 is 1.27 bits per heavy atom. The summed E-state index contributed by atoms with van der Waals surface area (Å²) in [6.45, 7) is 7.19. The van der Waals surface area contributed by atoms with Crippen LogP contribution in [0.5, 0.6) is 0 Å². The largest absolute Gasteiger partial charge is 0.352 e. The van der Waals surface area contributed by atoms with Gasteiger partial charge in [0.1, 0.15) is 5.82 Å². The average Bonchev–Trinajstić information content (AvgIpc) is 3.13. The van der Waals surface area contributed by atoms with Gasteiger partial charge < -0.3 is 9.88 Å². The molecule has 0 spiro atoms. The summed E-state index contributed by atoms with van der Waals surface area (Å²) in [5.41, 5.74) is 1.54. The molecule has 1 aliphatic carbocycles. The zero-order valence-electron chi connectivity index (χ0n) is 15.8. The minimum absolute atomic E-state index is 0.0867. The van der Waals surface area contributed by atoms with Crippen LogP contribution in [-0.4, -0.2) is 15.5 Å². The molecular weight excluding hydrogens is 329 g/mol. The molecular formula is C21H28FN3O. The molecule has 4 nitrogen and oxygen atoms in total. The highest BCUT2D eigenvalue weighted by Gasteiger charge is 2.32. The quantitative estimate of drug-likeness (QED) is 0.877. The minimum atomic E-state index is -0.319. The fraction of sp³-hybridized carbons (Fsp3) is 0.524. The zero-order chi connectivity index (χ0) is 18.7. The second-order valence-electron chi connectivity index (χ2n) is 8.39. The number of carbonyl (C=O) groups is 1. The Bertz CT molecular complexity index is 741. The van der Waals surface area contributed by atoms with Gasteiger partial charge in [0.25, 0.3) is 0 Å². The summed E-state index contributed by atoms with van der Waals surface area (Å²) in [5.74, 6) is 0.553. The van der Waals surface area contributed by atoms with Crippen molar-refractivity contribution in [2.24, 2.45) is 17.3 Å². The number of benzene rings is 1. The van der Waals surface area contributed by atoms with Crippen LogP contribution in [0.2, 0.25) is 0 Å². The van der Waals surface area contributed by atoms with Crippen LogP contribution in [0.4, 0.5) is 4.39 Å². The van der Waals surface area contributed by atoms with Crippen LogP contribution < -0.4 is 5.32 Å². The van der Waals surface area contributed by atoms with Crippen molar-refractivity contribution in [2.75, 3.05) is 0 Å². The molecule has 0 aliphatic heterocycles. The maximum atomic E-state index is 14.3. The van der Waals surface area contributed by atoms with Crippen molar-refractivity contribution in [3.05, 3.63) is 48.3 Å². The normalized spacial score (nSPS) is 20.8. The second-order valence-corrected chi connectivity index (χ2v) is 8.39. The highest BCUT2D eigenvalue weighted by molar-refractivity contribution is 5.78. The van der Waals surface area contributed by atoms with Gasteiger partial charge in [0, 0.05) is 24.9 Å². The number of hydrogen-bond donors (Lipinski definition) is 1. The number of amides is 1. The molecule has 1 aromatic heterocycles. The highest BCUT2D eigenvalue weighted by atomic mass is 19.1. The van der Waals surface area contributed by atoms with Crippen molar-refractivity contribution in [3.8, 4) is 5.69 Å². The maximum Gasteiger partial charge on any atom is 0.223 e. The van der Waals surface area contributed by atoms with E-state index in [1.165, 1.54) is 6.07 Å². The molecule has 0 unspecified atom stereocenters. The van der Waals surface area contributed by atoms with Crippen molar-refractivity contribution in [1.82, 2.24) is 14.9 Å². The van der Waals surface area contributed by atoms with E-state index in [9.17, 15) is 9.18 Å². The summed E-state index contributed by atoms with van der Waals surface area (Å²) in [6, 6.07) is 5.04. The summed E-state index contributed by atoms with van der Waals surface area (Å²) < 4.78 is 15.9. The molecule has 0 radical (unpaired) electrons. The molecule has 1 saturated carbocycles. The SMILES string of the molecule is CC(C)(C)C1CCC(C(=O)NCc2ccc(-n3ccnc3)c(F)c2)CC1. The zero-order valence-corrected chi connectivity index (χ0v) is 15.8. The third-order valence-corrected chi connectivity index (χ3v) is 5.58. The fourth-order valence-electron chi connectivity index (χ4n) is 3.83. The summed E-state index contributed by atoms with van der Waals surface area (Å²) in [4.78, 5) is 16.4. The van der Waals surface area contributed by atoms with Crippen molar-refractivity contribution in [3.63, 3.8) is 0 Å². The summed E-state index contributed by atoms with van der Waals surface area (Å²) in [7, 11) is 0. The van der Waals surface area contributed by atoms with Crippen molar-refractivity contribution in [2.45, 2.75) is 53.0 Å². The van der Waals surface area contributed by atoms with Gasteiger partial charge in [-0.25, -0.2) is 9.37 Å². The molecule has 2 aromatic rings. The van der Waals surface area contributed by atoms with Gasteiger partial charge in [-0.2, -0.15) is 0 Å². The Hall–Kier alpha value is -2.17. The van der Waals surface area contributed by atoms with E-state index in [0.717, 1.165) is 31.2 Å². The number of aromatic nitrogens is 2. The van der Waals surface area contributed by atoms with Gasteiger partial charge in [-0.3, -0.25) is 4.79 Å². The monoisotopic (exact) mass is 357 g/mol. The van der Waals surface area contributed by atoms with Crippen LogP contribution >= 0.6 is 0 Å². The molecule has 0 bridgehead atoms. The summed E-state index contributed by atoms with van der Waals surface area (Å²) in [5, 5.41) is 2.98. The first-order chi connectivity index (χ1) is 12.3. The van der Waals surface area contributed by atoms with E-state index in [4.69, 9.17) is 0 Å². The Morgan fingerprint density at radius 3 is 2.58 bits per heavy atom. The van der Waals surface area contributed by atoms with Gasteiger partial charge in [0.15, 0.2) is 0 Å². The van der Waals surface area contributed by atoms with Crippen molar-refractivity contribution >= 4 is 5.91 Å². The van der Waals surface area contributed by atoms with E-state index < -0.39 is 0 Å². The second kappa shape index (κ2) is 7.60. The lowest BCUT2D eigenvalue weighted by molar-refractivity contribution is -0.126. The molecule has 1 amide bonds. The van der Waals surface area contributed by atoms with Crippen molar-refractivity contribution < 1.29 is 9.18 Å². The number of nitrogens with zero attached hydrogens (tertiary/aromatic N) is 2. The molecule has 1 N–H and O–H groups in total. The van der Waals surface area contributed by atoms with Gasteiger partial charge >= 0.3 is 0 Å². The van der Waals surface area contributed by atoms with E-state index in [2.05, 4.69) is 31.1 Å². The first kappa shape index (κ1) is 18.6. The van der Waals surface area contributed by atoms with Crippen LogP contribution in [-0.2, 0) is 11.3 Å². The highest BCUT2D eigenvalue weighted by Crippen LogP contribution is 2.39. The fourth-order valence-corrected chi connectivity index (χ4v) is 3.83. The Morgan fingerprint density at radius 2 is 2.00 bits per heavy atom. The lowest BCUT2D eigenvalue weighted by Gasteiger charge is -2.36. The van der Waals surface area contributed by atoms with Crippen LogP contribution in [0.15, 0.2) is 36.9 Å². The van der Waals surface area contributed by atoms with Crippen LogP contribution in [0.25, 0.3) is 5.69 Å². The van der Waals surface area contributed by atoms with E-state index >= 15 is 0 Å². The van der Waals surface area contributed by atoms with Gasteiger partial charge in [-0.1, -0.05) is 26.8 Å². The molecule has 1 fully saturated rings. The van der Waals surface area contributed by atoms with Gasteiger partial charge in [-0.05, 0) is 54.7 Å². The van der Waals surface area contributed by atoms with E-state index in [1.54, 1.807) is 29.4 Å². The topological polar surface area (TPSA) is 46.9 Å². The predicted molar refractivity (Wildman–Crippen MR) is 100 cm³/mol. The number of carbonyl (C=O) groups excluding carboxylic acids is 1. The molecule has 1 aromatic carbocycles. The molecule has 0 saturated heterocycles. The van der Waals surface area contributed by atoms with E-state index in [0.29, 0.717) is 23.6 Å². The van der Waals surface area contributed by atoms with Gasteiger partial charge in [0.2, 0.25) is 5.91 Å². The van der Waals surface area contributed by atoms with E-state index in [1.807, 2.05) is 6.07 Å². The van der Waals surface area contributed by atoms with Gasteiger partial charge in [0.05, 0.1) is 12.0 Å². The molecule has 3 rings (SSSR count). The van der Waals surface area contributed by atoms with E-state index in [-0.39, 0.29) is 17.6 Å². The third-order valence-electron chi connectivity index (χ3n) is 5.58. The number of nitrogens with one attached hydrogen (secondary N) is 1. The lowest BCUT2D eigenvalue weighted by Crippen LogP contribution is -2.35. The van der Waals surface area contributed by atoms with Crippen molar-refractivity contribution in [1.29, 1.82) is 0 Å². The number of imidazole rings is 1. The molecule has 1 heterocycles. The predicted octanol–water partition coefficient (Wildman–Crippen LogP) is 4.48. The summed E-state index contributed by atoms with van der Waals surface area (Å²) >= 11 is 0. The Kier molecular flexibility index (Phi) is 5.44. The lowest BCUT2D eigenvalue weighted by atomic mass is 9.69. The van der Waals surface area contributed by atoms with Gasteiger partial charge in [-0.15, -0.1) is 0 Å². The average molecular weight is 357 g/mol. The van der Waals surface area contributed by atoms with Crippen LogP contribution in [0.1, 0.15) is 52.0 Å². The molecule has 0 atom stereocenters. The first-order valence-electron chi connectivity index (χ1n) is 9.39.